The Morgan fingerprint density at radius 1 is 0.271 bits per heavy atom. The fourth-order valence-electron chi connectivity index (χ4n) is 8.68. The summed E-state index contributed by atoms with van der Waals surface area (Å²) >= 11 is 1.90. The Morgan fingerprint density at radius 3 is 1.03 bits per heavy atom. The molecule has 11 aromatic rings. The molecule has 3 heteroatoms. The van der Waals surface area contributed by atoms with E-state index in [0.29, 0.717) is 0 Å². The van der Waals surface area contributed by atoms with Gasteiger partial charge in [-0.1, -0.05) is 170 Å². The maximum Gasteiger partial charge on any atom is 0.0646 e. The summed E-state index contributed by atoms with van der Waals surface area (Å²) in [5, 5.41) is 7.48. The zero-order valence-electron chi connectivity index (χ0n) is 32.2. The number of rotatable bonds is 8. The van der Waals surface area contributed by atoms with Crippen LogP contribution in [0.2, 0.25) is 0 Å². The zero-order chi connectivity index (χ0) is 39.1. The van der Waals surface area contributed by atoms with Crippen LogP contribution in [-0.2, 0) is 0 Å². The summed E-state index contributed by atoms with van der Waals surface area (Å²) in [6.45, 7) is 0. The lowest BCUT2D eigenvalue weighted by Crippen LogP contribution is -2.10. The van der Waals surface area contributed by atoms with E-state index in [1.54, 1.807) is 0 Å². The van der Waals surface area contributed by atoms with Gasteiger partial charge < -0.3 is 9.80 Å². The first-order valence-corrected chi connectivity index (χ1v) is 20.9. The van der Waals surface area contributed by atoms with Gasteiger partial charge in [0.15, 0.2) is 0 Å². The number of para-hydroxylation sites is 2. The number of benzene rings is 10. The Morgan fingerprint density at radius 2 is 0.610 bits per heavy atom. The van der Waals surface area contributed by atoms with Crippen molar-refractivity contribution < 1.29 is 0 Å². The molecule has 1 heterocycles. The van der Waals surface area contributed by atoms with Gasteiger partial charge in [-0.05, 0) is 104 Å². The Hall–Kier alpha value is -7.46. The molecule has 0 aliphatic rings. The highest BCUT2D eigenvalue weighted by Gasteiger charge is 2.25. The fraction of sp³-hybridized carbons (Fsp3) is 0. The van der Waals surface area contributed by atoms with Crippen molar-refractivity contribution in [3.63, 3.8) is 0 Å². The van der Waals surface area contributed by atoms with Crippen LogP contribution in [0, 0.1) is 0 Å². The van der Waals surface area contributed by atoms with E-state index in [1.807, 2.05) is 11.3 Å². The van der Waals surface area contributed by atoms with Gasteiger partial charge >= 0.3 is 0 Å². The van der Waals surface area contributed by atoms with Crippen LogP contribution >= 0.6 is 11.3 Å². The number of nitrogens with zero attached hydrogens (tertiary/aromatic N) is 2. The lowest BCUT2D eigenvalue weighted by atomic mass is 9.97. The van der Waals surface area contributed by atoms with Crippen LogP contribution in [0.3, 0.4) is 0 Å². The van der Waals surface area contributed by atoms with Crippen molar-refractivity contribution in [1.82, 2.24) is 0 Å². The van der Waals surface area contributed by atoms with E-state index in [2.05, 4.69) is 240 Å². The van der Waals surface area contributed by atoms with Gasteiger partial charge in [-0.25, -0.2) is 0 Å². The fourth-order valence-corrected chi connectivity index (χ4v) is 10.0. The predicted molar refractivity (Wildman–Crippen MR) is 255 cm³/mol. The molecule has 0 saturated carbocycles. The third-order valence-corrected chi connectivity index (χ3v) is 12.6. The molecular formula is C56H38N2S. The normalized spacial score (nSPS) is 11.4. The van der Waals surface area contributed by atoms with Crippen LogP contribution in [0.25, 0.3) is 64.0 Å². The third kappa shape index (κ3) is 6.20. The van der Waals surface area contributed by atoms with Crippen molar-refractivity contribution in [2.24, 2.45) is 0 Å². The maximum atomic E-state index is 2.46. The van der Waals surface area contributed by atoms with Gasteiger partial charge in [-0.15, -0.1) is 11.3 Å². The molecular weight excluding hydrogens is 733 g/mol. The summed E-state index contributed by atoms with van der Waals surface area (Å²) in [6.07, 6.45) is 0. The first-order valence-electron chi connectivity index (χ1n) is 20.1. The van der Waals surface area contributed by atoms with Gasteiger partial charge in [0.1, 0.15) is 0 Å². The molecule has 11 rings (SSSR count). The highest BCUT2D eigenvalue weighted by atomic mass is 32.1. The van der Waals surface area contributed by atoms with Gasteiger partial charge in [0, 0.05) is 33.5 Å². The number of hydrogen-bond acceptors (Lipinski definition) is 3. The molecule has 0 saturated heterocycles. The molecule has 2 nitrogen and oxygen atoms in total. The van der Waals surface area contributed by atoms with Crippen molar-refractivity contribution in [3.8, 4) is 22.3 Å². The van der Waals surface area contributed by atoms with Crippen LogP contribution in [0.15, 0.2) is 231 Å². The summed E-state index contributed by atoms with van der Waals surface area (Å²) in [4.78, 5) is 4.91. The first kappa shape index (κ1) is 34.8. The van der Waals surface area contributed by atoms with Gasteiger partial charge in [0.25, 0.3) is 0 Å². The molecule has 0 unspecified atom stereocenters. The van der Waals surface area contributed by atoms with Crippen LogP contribution < -0.4 is 9.80 Å². The van der Waals surface area contributed by atoms with Gasteiger partial charge in [0.2, 0.25) is 0 Å². The minimum atomic E-state index is 1.11. The summed E-state index contributed by atoms with van der Waals surface area (Å²) in [7, 11) is 0. The number of anilines is 6. The lowest BCUT2D eigenvalue weighted by molar-refractivity contribution is 1.30. The van der Waals surface area contributed by atoms with Gasteiger partial charge in [0.05, 0.1) is 20.8 Å². The molecule has 0 N–H and O–H groups in total. The predicted octanol–water partition coefficient (Wildman–Crippen LogP) is 16.6. The topological polar surface area (TPSA) is 6.48 Å². The van der Waals surface area contributed by atoms with E-state index in [0.717, 1.165) is 34.1 Å². The van der Waals surface area contributed by atoms with Crippen LogP contribution in [-0.4, -0.2) is 0 Å². The Labute approximate surface area is 348 Å². The number of fused-ring (bicyclic) bond motifs is 7. The van der Waals surface area contributed by atoms with Crippen molar-refractivity contribution >= 4 is 87.2 Å². The van der Waals surface area contributed by atoms with E-state index in [9.17, 15) is 0 Å². The highest BCUT2D eigenvalue weighted by molar-refractivity contribution is 7.27. The molecule has 0 amide bonds. The average Bonchev–Trinajstić information content (AvgIpc) is 3.73. The largest absolute Gasteiger partial charge is 0.309 e. The van der Waals surface area contributed by atoms with Crippen LogP contribution in [0.1, 0.15) is 0 Å². The van der Waals surface area contributed by atoms with E-state index in [-0.39, 0.29) is 0 Å². The second kappa shape index (κ2) is 14.8. The minimum Gasteiger partial charge on any atom is -0.309 e. The molecule has 1 aromatic heterocycles. The Bertz CT molecular complexity index is 3050. The second-order valence-corrected chi connectivity index (χ2v) is 15.9. The molecule has 10 aromatic carbocycles. The van der Waals surface area contributed by atoms with Gasteiger partial charge in [-0.3, -0.25) is 0 Å². The summed E-state index contributed by atoms with van der Waals surface area (Å²) in [6, 6.07) is 83.5. The van der Waals surface area contributed by atoms with Crippen molar-refractivity contribution in [3.05, 3.63) is 231 Å². The molecule has 0 fully saturated rings. The van der Waals surface area contributed by atoms with Crippen molar-refractivity contribution in [1.29, 1.82) is 0 Å². The maximum absolute atomic E-state index is 2.46. The van der Waals surface area contributed by atoms with Crippen molar-refractivity contribution in [2.45, 2.75) is 0 Å². The molecule has 0 aliphatic heterocycles. The lowest BCUT2D eigenvalue weighted by Gasteiger charge is -2.27. The zero-order valence-corrected chi connectivity index (χ0v) is 33.1. The van der Waals surface area contributed by atoms with Crippen molar-refractivity contribution in [2.75, 3.05) is 9.80 Å². The molecule has 0 aliphatic carbocycles. The van der Waals surface area contributed by atoms with Crippen LogP contribution in [0.5, 0.6) is 0 Å². The van der Waals surface area contributed by atoms with Gasteiger partial charge in [-0.2, -0.15) is 0 Å². The molecule has 0 atom stereocenters. The smallest absolute Gasteiger partial charge is 0.0646 e. The van der Waals surface area contributed by atoms with E-state index in [1.165, 1.54) is 64.0 Å². The number of hydrogen-bond donors (Lipinski definition) is 0. The third-order valence-electron chi connectivity index (χ3n) is 11.4. The van der Waals surface area contributed by atoms with Crippen LogP contribution in [0.4, 0.5) is 34.1 Å². The van der Waals surface area contributed by atoms with E-state index < -0.39 is 0 Å². The van der Waals surface area contributed by atoms with E-state index in [4.69, 9.17) is 0 Å². The number of thiophene rings is 1. The second-order valence-electron chi connectivity index (χ2n) is 14.9. The molecule has 0 spiro atoms. The summed E-state index contributed by atoms with van der Waals surface area (Å²) < 4.78 is 2.49. The Balaban J connectivity index is 1.24. The molecule has 0 radical (unpaired) electrons. The molecule has 0 bridgehead atoms. The SMILES string of the molecule is c1ccc(-c2cccc(N(c3ccccc3)c3cc4ccccc4c4c3sc3c(N(c5ccccc5)c5cccc(-c6ccccc6)c5)cc5ccccc5c34)c2)cc1. The minimum absolute atomic E-state index is 1.11. The summed E-state index contributed by atoms with van der Waals surface area (Å²) in [5.41, 5.74) is 11.5. The Kier molecular flexibility index (Phi) is 8.72. The summed E-state index contributed by atoms with van der Waals surface area (Å²) in [5.74, 6) is 0. The standard InChI is InChI=1S/C56H38N2S/c1-5-19-39(20-6-1)41-25-17-31-47(35-41)57(45-27-9-3-10-28-45)51-37-43-23-13-15-33-49(43)53-54-50-34-16-14-24-44(50)38-52(56(54)59-55(51)53)58(46-29-11-4-12-30-46)48-32-18-26-42(36-48)40-21-7-2-8-22-40/h1-38H. The molecule has 59 heavy (non-hydrogen) atoms. The monoisotopic (exact) mass is 770 g/mol. The van der Waals surface area contributed by atoms with E-state index >= 15 is 0 Å². The quantitative estimate of drug-likeness (QED) is 0.152. The highest BCUT2D eigenvalue weighted by Crippen LogP contribution is 2.53. The average molecular weight is 771 g/mol. The molecule has 278 valence electrons. The first-order chi connectivity index (χ1) is 29.3.